The molecule has 1 aliphatic rings. The molecule has 112 valence electrons. The van der Waals surface area contributed by atoms with E-state index in [9.17, 15) is 5.11 Å². The van der Waals surface area contributed by atoms with Crippen LogP contribution in [0.4, 0.5) is 0 Å². The molecule has 0 saturated heterocycles. The Bertz CT molecular complexity index is 392. The smallest absolute Gasteiger partial charge is 0.0464 e. The topological polar surface area (TPSA) is 32.3 Å². The number of hydrogen-bond donors (Lipinski definition) is 2. The van der Waals surface area contributed by atoms with Crippen LogP contribution in [0, 0.1) is 23.7 Å². The number of aliphatic hydroxyl groups excluding tert-OH is 1. The first-order valence-corrected chi connectivity index (χ1v) is 8.02. The summed E-state index contributed by atoms with van der Waals surface area (Å²) in [5.41, 5.74) is 1.35. The minimum atomic E-state index is 0.352. The van der Waals surface area contributed by atoms with E-state index in [0.29, 0.717) is 36.3 Å². The van der Waals surface area contributed by atoms with Gasteiger partial charge in [0.2, 0.25) is 0 Å². The summed E-state index contributed by atoms with van der Waals surface area (Å²) in [4.78, 5) is 0. The number of rotatable bonds is 6. The van der Waals surface area contributed by atoms with Gasteiger partial charge < -0.3 is 10.4 Å². The standard InChI is InChI=1S/C18H29NO/c1-13-9-10-17(18(13)12-20)14(2)11-19-15(3)16-7-5-4-6-8-16/h4-8,13-15,17-20H,9-12H2,1-3H3/t13-,14-,15-,17+,18+/m0/s1. The molecule has 0 radical (unpaired) electrons. The molecule has 0 spiro atoms. The Morgan fingerprint density at radius 1 is 1.20 bits per heavy atom. The monoisotopic (exact) mass is 275 g/mol. The Kier molecular flexibility index (Phi) is 5.62. The minimum Gasteiger partial charge on any atom is -0.396 e. The molecule has 1 aromatic carbocycles. The SMILES string of the molecule is C[C@H](NC[C@H](C)[C@H]1CC[C@H](C)[C@H]1CO)c1ccccc1. The molecule has 1 aliphatic carbocycles. The van der Waals surface area contributed by atoms with Crippen molar-refractivity contribution in [2.24, 2.45) is 23.7 Å². The third kappa shape index (κ3) is 3.62. The summed E-state index contributed by atoms with van der Waals surface area (Å²) in [6.07, 6.45) is 2.55. The van der Waals surface area contributed by atoms with Crippen LogP contribution < -0.4 is 5.32 Å². The zero-order chi connectivity index (χ0) is 14.5. The maximum atomic E-state index is 9.59. The van der Waals surface area contributed by atoms with Crippen molar-refractivity contribution in [1.82, 2.24) is 5.32 Å². The van der Waals surface area contributed by atoms with Gasteiger partial charge in [-0.05, 0) is 49.1 Å². The highest BCUT2D eigenvalue weighted by molar-refractivity contribution is 5.18. The molecule has 5 atom stereocenters. The van der Waals surface area contributed by atoms with Crippen molar-refractivity contribution in [2.45, 2.75) is 39.7 Å². The van der Waals surface area contributed by atoms with E-state index in [-0.39, 0.29) is 0 Å². The van der Waals surface area contributed by atoms with Crippen LogP contribution in [0.1, 0.15) is 45.2 Å². The van der Waals surface area contributed by atoms with E-state index in [1.807, 2.05) is 0 Å². The highest BCUT2D eigenvalue weighted by Crippen LogP contribution is 2.40. The summed E-state index contributed by atoms with van der Waals surface area (Å²) in [6.45, 7) is 8.22. The minimum absolute atomic E-state index is 0.352. The summed E-state index contributed by atoms with van der Waals surface area (Å²) in [5, 5.41) is 13.2. The fourth-order valence-corrected chi connectivity index (χ4v) is 3.70. The Labute approximate surface area is 123 Å². The first-order valence-electron chi connectivity index (χ1n) is 8.02. The van der Waals surface area contributed by atoms with Gasteiger partial charge in [0.05, 0.1) is 0 Å². The molecule has 2 heteroatoms. The number of benzene rings is 1. The molecule has 2 N–H and O–H groups in total. The van der Waals surface area contributed by atoms with Gasteiger partial charge in [-0.1, -0.05) is 50.6 Å². The first-order chi connectivity index (χ1) is 9.63. The number of aliphatic hydroxyl groups is 1. The second-order valence-corrected chi connectivity index (χ2v) is 6.58. The fraction of sp³-hybridized carbons (Fsp3) is 0.667. The van der Waals surface area contributed by atoms with Crippen LogP contribution in [-0.2, 0) is 0 Å². The fourth-order valence-electron chi connectivity index (χ4n) is 3.70. The van der Waals surface area contributed by atoms with Crippen molar-refractivity contribution < 1.29 is 5.11 Å². The summed E-state index contributed by atoms with van der Waals surface area (Å²) in [6, 6.07) is 11.0. The van der Waals surface area contributed by atoms with E-state index >= 15 is 0 Å². The van der Waals surface area contributed by atoms with E-state index in [1.165, 1.54) is 18.4 Å². The zero-order valence-electron chi connectivity index (χ0n) is 13.0. The highest BCUT2D eigenvalue weighted by atomic mass is 16.3. The van der Waals surface area contributed by atoms with E-state index < -0.39 is 0 Å². The molecule has 1 fully saturated rings. The van der Waals surface area contributed by atoms with Crippen molar-refractivity contribution in [3.63, 3.8) is 0 Å². The molecule has 0 unspecified atom stereocenters. The van der Waals surface area contributed by atoms with Crippen molar-refractivity contribution in [2.75, 3.05) is 13.2 Å². The normalized spacial score (nSPS) is 29.3. The van der Waals surface area contributed by atoms with Crippen molar-refractivity contribution in [3.8, 4) is 0 Å². The second kappa shape index (κ2) is 7.24. The molecular formula is C18H29NO. The lowest BCUT2D eigenvalue weighted by atomic mass is 9.82. The number of nitrogens with one attached hydrogen (secondary N) is 1. The van der Waals surface area contributed by atoms with E-state index in [2.05, 4.69) is 56.4 Å². The van der Waals surface area contributed by atoms with Crippen LogP contribution >= 0.6 is 0 Å². The molecule has 0 aliphatic heterocycles. The third-order valence-electron chi connectivity index (χ3n) is 5.22. The summed E-state index contributed by atoms with van der Waals surface area (Å²) >= 11 is 0. The Morgan fingerprint density at radius 2 is 1.90 bits per heavy atom. The molecule has 1 saturated carbocycles. The van der Waals surface area contributed by atoms with Gasteiger partial charge in [0, 0.05) is 12.6 Å². The Hall–Kier alpha value is -0.860. The van der Waals surface area contributed by atoms with Gasteiger partial charge in [0.25, 0.3) is 0 Å². The van der Waals surface area contributed by atoms with Crippen molar-refractivity contribution in [1.29, 1.82) is 0 Å². The maximum Gasteiger partial charge on any atom is 0.0464 e. The van der Waals surface area contributed by atoms with Gasteiger partial charge in [0.15, 0.2) is 0 Å². The highest BCUT2D eigenvalue weighted by Gasteiger charge is 2.35. The summed E-state index contributed by atoms with van der Waals surface area (Å²) < 4.78 is 0. The molecule has 0 bridgehead atoms. The lowest BCUT2D eigenvalue weighted by molar-refractivity contribution is 0.138. The summed E-state index contributed by atoms with van der Waals surface area (Å²) in [7, 11) is 0. The predicted octanol–water partition coefficient (Wildman–Crippen LogP) is 3.63. The molecule has 0 heterocycles. The van der Waals surface area contributed by atoms with Crippen LogP contribution in [0.2, 0.25) is 0 Å². The third-order valence-corrected chi connectivity index (χ3v) is 5.22. The molecule has 0 aromatic heterocycles. The molecule has 0 amide bonds. The van der Waals surface area contributed by atoms with Crippen LogP contribution in [0.5, 0.6) is 0 Å². The van der Waals surface area contributed by atoms with Gasteiger partial charge in [-0.2, -0.15) is 0 Å². The van der Waals surface area contributed by atoms with E-state index in [4.69, 9.17) is 0 Å². The van der Waals surface area contributed by atoms with Crippen molar-refractivity contribution >= 4 is 0 Å². The molecule has 1 aromatic rings. The van der Waals surface area contributed by atoms with Gasteiger partial charge in [0.1, 0.15) is 0 Å². The van der Waals surface area contributed by atoms with Gasteiger partial charge in [-0.3, -0.25) is 0 Å². The predicted molar refractivity (Wildman–Crippen MR) is 84.5 cm³/mol. The van der Waals surface area contributed by atoms with Crippen LogP contribution in [0.15, 0.2) is 30.3 Å². The van der Waals surface area contributed by atoms with Gasteiger partial charge >= 0.3 is 0 Å². The van der Waals surface area contributed by atoms with Gasteiger partial charge in [-0.25, -0.2) is 0 Å². The molecule has 2 nitrogen and oxygen atoms in total. The average Bonchev–Trinajstić information content (AvgIpc) is 2.86. The lowest BCUT2D eigenvalue weighted by Crippen LogP contribution is -2.31. The largest absolute Gasteiger partial charge is 0.396 e. The van der Waals surface area contributed by atoms with E-state index in [1.54, 1.807) is 0 Å². The summed E-state index contributed by atoms with van der Waals surface area (Å²) in [5.74, 6) is 2.48. The lowest BCUT2D eigenvalue weighted by Gasteiger charge is -2.28. The Balaban J connectivity index is 1.84. The van der Waals surface area contributed by atoms with Gasteiger partial charge in [-0.15, -0.1) is 0 Å². The second-order valence-electron chi connectivity index (χ2n) is 6.58. The zero-order valence-corrected chi connectivity index (χ0v) is 13.0. The molecule has 2 rings (SSSR count). The van der Waals surface area contributed by atoms with Crippen LogP contribution in [0.3, 0.4) is 0 Å². The maximum absolute atomic E-state index is 9.59. The van der Waals surface area contributed by atoms with Crippen molar-refractivity contribution in [3.05, 3.63) is 35.9 Å². The van der Waals surface area contributed by atoms with Crippen LogP contribution in [0.25, 0.3) is 0 Å². The van der Waals surface area contributed by atoms with Crippen LogP contribution in [-0.4, -0.2) is 18.3 Å². The average molecular weight is 275 g/mol. The Morgan fingerprint density at radius 3 is 2.55 bits per heavy atom. The quantitative estimate of drug-likeness (QED) is 0.831. The first kappa shape index (κ1) is 15.5. The molecular weight excluding hydrogens is 246 g/mol. The van der Waals surface area contributed by atoms with E-state index in [0.717, 1.165) is 6.54 Å². The number of hydrogen-bond acceptors (Lipinski definition) is 2. The molecule has 20 heavy (non-hydrogen) atoms.